The molecule has 1 N–H and O–H groups in total. The van der Waals surface area contributed by atoms with Gasteiger partial charge in [-0.1, -0.05) is 6.42 Å². The summed E-state index contributed by atoms with van der Waals surface area (Å²) in [7, 11) is -3.61. The van der Waals surface area contributed by atoms with E-state index in [-0.39, 0.29) is 17.0 Å². The van der Waals surface area contributed by atoms with E-state index in [4.69, 9.17) is 5.26 Å². The second kappa shape index (κ2) is 6.14. The van der Waals surface area contributed by atoms with Crippen molar-refractivity contribution in [3.8, 4) is 6.07 Å². The number of hydrogen-bond donors (Lipinski definition) is 1. The number of benzene rings is 1. The summed E-state index contributed by atoms with van der Waals surface area (Å²) < 4.78 is 25.2. The van der Waals surface area contributed by atoms with Crippen LogP contribution in [0.4, 0.5) is 0 Å². The van der Waals surface area contributed by atoms with Crippen molar-refractivity contribution in [2.24, 2.45) is 0 Å². The third-order valence-corrected chi connectivity index (χ3v) is 5.50. The van der Waals surface area contributed by atoms with Crippen molar-refractivity contribution < 1.29 is 8.42 Å². The van der Waals surface area contributed by atoms with Crippen LogP contribution in [0.15, 0.2) is 23.1 Å². The van der Waals surface area contributed by atoms with Gasteiger partial charge in [-0.25, -0.2) is 13.4 Å². The lowest BCUT2D eigenvalue weighted by Gasteiger charge is -2.38. The molecule has 6 heteroatoms. The smallest absolute Gasteiger partial charge is 0.225 e. The molecule has 1 heterocycles. The number of aryl methyl sites for hydroxylation is 1. The predicted molar refractivity (Wildman–Crippen MR) is 80.8 cm³/mol. The Morgan fingerprint density at radius 1 is 1.29 bits per heavy atom. The van der Waals surface area contributed by atoms with Crippen LogP contribution in [-0.4, -0.2) is 25.5 Å². The Balaban J connectivity index is 2.28. The summed E-state index contributed by atoms with van der Waals surface area (Å²) in [5.41, 5.74) is 1.05. The van der Waals surface area contributed by atoms with Gasteiger partial charge in [-0.15, -0.1) is 4.83 Å². The van der Waals surface area contributed by atoms with Crippen molar-refractivity contribution in [3.63, 3.8) is 0 Å². The normalized spacial score (nSPS) is 23.7. The van der Waals surface area contributed by atoms with Gasteiger partial charge in [0.1, 0.15) is 0 Å². The van der Waals surface area contributed by atoms with Crippen LogP contribution in [0.2, 0.25) is 0 Å². The van der Waals surface area contributed by atoms with Gasteiger partial charge in [0.2, 0.25) is 0 Å². The molecule has 0 bridgehead atoms. The van der Waals surface area contributed by atoms with Gasteiger partial charge in [-0.3, -0.25) is 0 Å². The maximum Gasteiger partial charge on any atom is 0.253 e. The molecule has 1 aromatic rings. The molecule has 5 nitrogen and oxygen atoms in total. The fourth-order valence-electron chi connectivity index (χ4n) is 2.81. The van der Waals surface area contributed by atoms with E-state index >= 15 is 0 Å². The number of piperidine rings is 1. The van der Waals surface area contributed by atoms with Crippen LogP contribution in [0.25, 0.3) is 0 Å². The Hall–Kier alpha value is -1.42. The summed E-state index contributed by atoms with van der Waals surface area (Å²) in [6, 6.07) is 7.00. The third-order valence-electron chi connectivity index (χ3n) is 4.01. The van der Waals surface area contributed by atoms with Crippen molar-refractivity contribution in [2.75, 3.05) is 0 Å². The topological polar surface area (TPSA) is 73.2 Å². The molecule has 0 aliphatic carbocycles. The number of hydrogen-bond acceptors (Lipinski definition) is 4. The molecular weight excluding hydrogens is 286 g/mol. The van der Waals surface area contributed by atoms with E-state index in [0.717, 1.165) is 19.3 Å². The molecule has 1 aliphatic heterocycles. The number of sulfonamides is 1. The van der Waals surface area contributed by atoms with E-state index < -0.39 is 10.0 Å². The van der Waals surface area contributed by atoms with Gasteiger partial charge in [0.05, 0.1) is 16.5 Å². The zero-order valence-corrected chi connectivity index (χ0v) is 13.4. The fraction of sp³-hybridized carbons (Fsp3) is 0.533. The number of nitriles is 1. The molecular formula is C15H21N3O2S. The van der Waals surface area contributed by atoms with Crippen molar-refractivity contribution in [2.45, 2.75) is 57.0 Å². The van der Waals surface area contributed by atoms with Gasteiger partial charge in [0.25, 0.3) is 10.0 Å². The van der Waals surface area contributed by atoms with Gasteiger partial charge in [-0.05, 0) is 57.4 Å². The quantitative estimate of drug-likeness (QED) is 0.930. The van der Waals surface area contributed by atoms with E-state index in [1.54, 1.807) is 13.0 Å². The minimum absolute atomic E-state index is 0.183. The second-order valence-electron chi connectivity index (χ2n) is 5.72. The fourth-order valence-corrected chi connectivity index (χ4v) is 4.28. The summed E-state index contributed by atoms with van der Waals surface area (Å²) in [6.07, 6.45) is 3.09. The first-order chi connectivity index (χ1) is 9.85. The summed E-state index contributed by atoms with van der Waals surface area (Å²) in [5.74, 6) is 0. The van der Waals surface area contributed by atoms with Gasteiger partial charge in [0, 0.05) is 12.1 Å². The Morgan fingerprint density at radius 3 is 2.43 bits per heavy atom. The zero-order chi connectivity index (χ0) is 15.6. The van der Waals surface area contributed by atoms with Crippen LogP contribution < -0.4 is 4.83 Å². The maximum absolute atomic E-state index is 12.6. The maximum atomic E-state index is 12.6. The van der Waals surface area contributed by atoms with Crippen LogP contribution >= 0.6 is 0 Å². The van der Waals surface area contributed by atoms with Crippen LogP contribution in [0, 0.1) is 18.3 Å². The lowest BCUT2D eigenvalue weighted by Crippen LogP contribution is -2.54. The number of nitrogens with zero attached hydrogens (tertiary/aromatic N) is 2. The SMILES string of the molecule is Cc1cc(C#N)ccc1S(=O)(=O)NN1C(C)CCCC1C. The Morgan fingerprint density at radius 2 is 1.90 bits per heavy atom. The molecule has 0 amide bonds. The average Bonchev–Trinajstić information content (AvgIpc) is 2.42. The van der Waals surface area contributed by atoms with Gasteiger partial charge in [0.15, 0.2) is 0 Å². The molecule has 21 heavy (non-hydrogen) atoms. The van der Waals surface area contributed by atoms with E-state index in [1.165, 1.54) is 12.1 Å². The largest absolute Gasteiger partial charge is 0.253 e. The van der Waals surface area contributed by atoms with E-state index in [2.05, 4.69) is 4.83 Å². The van der Waals surface area contributed by atoms with Crippen molar-refractivity contribution in [3.05, 3.63) is 29.3 Å². The van der Waals surface area contributed by atoms with Gasteiger partial charge >= 0.3 is 0 Å². The highest BCUT2D eigenvalue weighted by atomic mass is 32.2. The molecule has 0 spiro atoms. The Labute approximate surface area is 126 Å². The minimum Gasteiger partial charge on any atom is -0.225 e. The molecule has 1 saturated heterocycles. The first-order valence-corrected chi connectivity index (χ1v) is 8.65. The van der Waals surface area contributed by atoms with Crippen molar-refractivity contribution in [1.29, 1.82) is 5.26 Å². The molecule has 1 aliphatic rings. The molecule has 1 fully saturated rings. The van der Waals surface area contributed by atoms with Crippen molar-refractivity contribution >= 4 is 10.0 Å². The molecule has 1 aromatic carbocycles. The van der Waals surface area contributed by atoms with E-state index in [9.17, 15) is 8.42 Å². The van der Waals surface area contributed by atoms with Crippen LogP contribution in [0.1, 0.15) is 44.2 Å². The molecule has 2 rings (SSSR count). The minimum atomic E-state index is -3.61. The summed E-state index contributed by atoms with van der Waals surface area (Å²) >= 11 is 0. The average molecular weight is 307 g/mol. The highest BCUT2D eigenvalue weighted by molar-refractivity contribution is 7.89. The van der Waals surface area contributed by atoms with Gasteiger partial charge in [-0.2, -0.15) is 5.26 Å². The molecule has 114 valence electrons. The molecule has 0 radical (unpaired) electrons. The van der Waals surface area contributed by atoms with E-state index in [1.807, 2.05) is 24.9 Å². The standard InChI is InChI=1S/C15H21N3O2S/c1-11-9-14(10-16)7-8-15(11)21(19,20)17-18-12(2)5-4-6-13(18)3/h7-9,12-13,17H,4-6H2,1-3H3. The second-order valence-corrected chi connectivity index (χ2v) is 7.35. The lowest BCUT2D eigenvalue weighted by molar-refractivity contribution is 0.0790. The molecule has 2 atom stereocenters. The van der Waals surface area contributed by atoms with Crippen molar-refractivity contribution in [1.82, 2.24) is 9.84 Å². The zero-order valence-electron chi connectivity index (χ0n) is 12.6. The number of nitrogens with one attached hydrogen (secondary N) is 1. The third kappa shape index (κ3) is 3.43. The molecule has 0 aromatic heterocycles. The highest BCUT2D eigenvalue weighted by Gasteiger charge is 2.29. The highest BCUT2D eigenvalue weighted by Crippen LogP contribution is 2.23. The molecule has 2 unspecified atom stereocenters. The van der Waals surface area contributed by atoms with Crippen LogP contribution in [0.3, 0.4) is 0 Å². The monoisotopic (exact) mass is 307 g/mol. The summed E-state index contributed by atoms with van der Waals surface area (Å²) in [6.45, 7) is 5.77. The number of rotatable bonds is 3. The first kappa shape index (κ1) is 16.0. The predicted octanol–water partition coefficient (Wildman–Crippen LogP) is 2.32. The first-order valence-electron chi connectivity index (χ1n) is 7.16. The van der Waals surface area contributed by atoms with E-state index in [0.29, 0.717) is 11.1 Å². The van der Waals surface area contributed by atoms with Crippen LogP contribution in [0.5, 0.6) is 0 Å². The van der Waals surface area contributed by atoms with Crippen LogP contribution in [-0.2, 0) is 10.0 Å². The lowest BCUT2D eigenvalue weighted by atomic mass is 10.0. The Kier molecular flexibility index (Phi) is 4.67. The molecule has 0 saturated carbocycles. The summed E-state index contributed by atoms with van der Waals surface area (Å²) in [5, 5.41) is 10.7. The Bertz CT molecular complexity index is 654. The summed E-state index contributed by atoms with van der Waals surface area (Å²) in [4.78, 5) is 2.94. The number of hydrazine groups is 1. The van der Waals surface area contributed by atoms with Gasteiger partial charge < -0.3 is 0 Å².